The Hall–Kier alpha value is -0.520. The average Bonchev–Trinajstić information content (AvgIpc) is 2.18. The Balaban J connectivity index is 3.98. The normalized spacial score (nSPS) is 12.4. The molecule has 0 aliphatic rings. The van der Waals surface area contributed by atoms with Crippen molar-refractivity contribution in [1.29, 1.82) is 0 Å². The van der Waals surface area contributed by atoms with E-state index < -0.39 is 6.23 Å². The van der Waals surface area contributed by atoms with Gasteiger partial charge in [0.15, 0.2) is 6.23 Å². The molecule has 0 fully saturated rings. The minimum absolute atomic E-state index is 0.571. The molecule has 0 aliphatic carbocycles. The fraction of sp³-hybridized carbons (Fsp3) is 0.833. The number of rotatable bonds is 7. The van der Waals surface area contributed by atoms with Crippen LogP contribution in [0, 0.1) is 11.8 Å². The van der Waals surface area contributed by atoms with Gasteiger partial charge in [-0.3, -0.25) is 4.90 Å². The summed E-state index contributed by atoms with van der Waals surface area (Å²) in [6, 6.07) is 0. The highest BCUT2D eigenvalue weighted by molar-refractivity contribution is 5.01. The molecule has 2 nitrogen and oxygen atoms in total. The number of hydrogen-bond acceptors (Lipinski definition) is 2. The molecule has 0 aromatic carbocycles. The maximum absolute atomic E-state index is 9.71. The smallest absolute Gasteiger partial charge is 0.170 e. The third-order valence-corrected chi connectivity index (χ3v) is 2.22. The molecule has 1 N–H and O–H groups in total. The number of aliphatic hydroxyl groups is 1. The summed E-state index contributed by atoms with van der Waals surface area (Å²) >= 11 is 0. The van der Waals surface area contributed by atoms with Crippen LogP contribution in [0.3, 0.4) is 0 Å². The highest BCUT2D eigenvalue weighted by atomic mass is 16.3. The minimum atomic E-state index is -0.571. The van der Waals surface area contributed by atoms with E-state index in [0.29, 0.717) is 0 Å². The van der Waals surface area contributed by atoms with E-state index in [-0.39, 0.29) is 0 Å². The first-order valence-corrected chi connectivity index (χ1v) is 5.60. The van der Waals surface area contributed by atoms with Crippen LogP contribution in [0.4, 0.5) is 0 Å². The van der Waals surface area contributed by atoms with Crippen LogP contribution in [0.5, 0.6) is 0 Å². The highest BCUT2D eigenvalue weighted by Gasteiger charge is 2.10. The van der Waals surface area contributed by atoms with Crippen LogP contribution in [0.1, 0.15) is 46.5 Å². The van der Waals surface area contributed by atoms with E-state index in [1.807, 2.05) is 0 Å². The molecule has 0 aromatic heterocycles. The molecule has 0 aliphatic heterocycles. The summed E-state index contributed by atoms with van der Waals surface area (Å²) in [7, 11) is 0. The van der Waals surface area contributed by atoms with E-state index in [9.17, 15) is 5.11 Å². The molecule has 0 saturated heterocycles. The second kappa shape index (κ2) is 9.05. The summed E-state index contributed by atoms with van der Waals surface area (Å²) in [5, 5.41) is 9.71. The minimum Gasteiger partial charge on any atom is -0.367 e. The number of nitrogens with zero attached hydrogens (tertiary/aromatic N) is 1. The number of hydrogen-bond donors (Lipinski definition) is 1. The van der Waals surface area contributed by atoms with E-state index in [2.05, 4.69) is 30.6 Å². The first-order valence-electron chi connectivity index (χ1n) is 5.60. The van der Waals surface area contributed by atoms with Crippen molar-refractivity contribution in [2.45, 2.75) is 52.7 Å². The predicted molar refractivity (Wildman–Crippen MR) is 60.8 cm³/mol. The molecule has 0 radical (unpaired) electrons. The Kier molecular flexibility index (Phi) is 8.72. The highest BCUT2D eigenvalue weighted by Crippen LogP contribution is 2.02. The van der Waals surface area contributed by atoms with E-state index in [1.54, 1.807) is 6.92 Å². The van der Waals surface area contributed by atoms with Crippen LogP contribution in [-0.4, -0.2) is 29.3 Å². The SMILES string of the molecule is CC#CC(O)N(CCCC)CCCC. The van der Waals surface area contributed by atoms with Gasteiger partial charge in [-0.25, -0.2) is 0 Å². The Morgan fingerprint density at radius 1 is 1.14 bits per heavy atom. The molecule has 2 heteroatoms. The maximum Gasteiger partial charge on any atom is 0.170 e. The number of aliphatic hydroxyl groups excluding tert-OH is 1. The maximum atomic E-state index is 9.71. The van der Waals surface area contributed by atoms with Crippen LogP contribution in [0.25, 0.3) is 0 Å². The summed E-state index contributed by atoms with van der Waals surface area (Å²) < 4.78 is 0. The summed E-state index contributed by atoms with van der Waals surface area (Å²) in [6.07, 6.45) is 4.01. The molecular formula is C12H23NO. The zero-order chi connectivity index (χ0) is 10.8. The third kappa shape index (κ3) is 6.01. The van der Waals surface area contributed by atoms with Gasteiger partial charge in [0, 0.05) is 13.1 Å². The molecule has 0 bridgehead atoms. The van der Waals surface area contributed by atoms with Crippen molar-refractivity contribution in [3.05, 3.63) is 0 Å². The van der Waals surface area contributed by atoms with Gasteiger partial charge in [0.1, 0.15) is 0 Å². The predicted octanol–water partition coefficient (Wildman–Crippen LogP) is 2.23. The quantitative estimate of drug-likeness (QED) is 0.500. The fourth-order valence-electron chi connectivity index (χ4n) is 1.30. The van der Waals surface area contributed by atoms with Gasteiger partial charge >= 0.3 is 0 Å². The fourth-order valence-corrected chi connectivity index (χ4v) is 1.30. The van der Waals surface area contributed by atoms with Crippen LogP contribution >= 0.6 is 0 Å². The zero-order valence-electron chi connectivity index (χ0n) is 9.71. The van der Waals surface area contributed by atoms with E-state index in [1.165, 1.54) is 0 Å². The van der Waals surface area contributed by atoms with Crippen molar-refractivity contribution < 1.29 is 5.11 Å². The molecular weight excluding hydrogens is 174 g/mol. The van der Waals surface area contributed by atoms with Crippen molar-refractivity contribution in [2.75, 3.05) is 13.1 Å². The second-order valence-electron chi connectivity index (χ2n) is 3.51. The molecule has 1 unspecified atom stereocenters. The van der Waals surface area contributed by atoms with E-state index in [0.717, 1.165) is 38.8 Å². The lowest BCUT2D eigenvalue weighted by atomic mass is 10.2. The zero-order valence-corrected chi connectivity index (χ0v) is 9.71. The van der Waals surface area contributed by atoms with Crippen LogP contribution in [-0.2, 0) is 0 Å². The molecule has 0 spiro atoms. The van der Waals surface area contributed by atoms with Crippen molar-refractivity contribution >= 4 is 0 Å². The lowest BCUT2D eigenvalue weighted by Crippen LogP contribution is -2.35. The van der Waals surface area contributed by atoms with Gasteiger partial charge in [0.2, 0.25) is 0 Å². The average molecular weight is 197 g/mol. The summed E-state index contributed by atoms with van der Waals surface area (Å²) in [5.74, 6) is 5.55. The monoisotopic (exact) mass is 197 g/mol. The van der Waals surface area contributed by atoms with Crippen molar-refractivity contribution in [1.82, 2.24) is 4.90 Å². The van der Waals surface area contributed by atoms with Gasteiger partial charge in [-0.2, -0.15) is 0 Å². The molecule has 14 heavy (non-hydrogen) atoms. The Bertz CT molecular complexity index is 172. The van der Waals surface area contributed by atoms with Crippen molar-refractivity contribution in [3.8, 4) is 11.8 Å². The first-order chi connectivity index (χ1) is 6.76. The molecule has 0 heterocycles. The molecule has 82 valence electrons. The van der Waals surface area contributed by atoms with Gasteiger partial charge in [-0.05, 0) is 19.8 Å². The van der Waals surface area contributed by atoms with Gasteiger partial charge in [0.25, 0.3) is 0 Å². The largest absolute Gasteiger partial charge is 0.367 e. The molecule has 0 aromatic rings. The van der Waals surface area contributed by atoms with Crippen LogP contribution in [0.15, 0.2) is 0 Å². The first kappa shape index (κ1) is 13.5. The van der Waals surface area contributed by atoms with Crippen LogP contribution in [0.2, 0.25) is 0 Å². The Morgan fingerprint density at radius 2 is 1.64 bits per heavy atom. The standard InChI is InChI=1S/C12H23NO/c1-4-7-10-13(11-8-5-2)12(14)9-6-3/h12,14H,4-5,7-8,10-11H2,1-3H3. The van der Waals surface area contributed by atoms with Gasteiger partial charge in [-0.1, -0.05) is 32.6 Å². The van der Waals surface area contributed by atoms with Crippen molar-refractivity contribution in [2.24, 2.45) is 0 Å². The van der Waals surface area contributed by atoms with Gasteiger partial charge < -0.3 is 5.11 Å². The molecule has 1 atom stereocenters. The molecule has 0 rings (SSSR count). The van der Waals surface area contributed by atoms with Gasteiger partial charge in [0.05, 0.1) is 0 Å². The topological polar surface area (TPSA) is 23.5 Å². The summed E-state index contributed by atoms with van der Waals surface area (Å²) in [5.41, 5.74) is 0. The number of unbranched alkanes of at least 4 members (excludes halogenated alkanes) is 2. The summed E-state index contributed by atoms with van der Waals surface area (Å²) in [4.78, 5) is 2.06. The lowest BCUT2D eigenvalue weighted by molar-refractivity contribution is 0.0471. The summed E-state index contributed by atoms with van der Waals surface area (Å²) in [6.45, 7) is 7.99. The molecule has 0 amide bonds. The van der Waals surface area contributed by atoms with Gasteiger partial charge in [-0.15, -0.1) is 5.92 Å². The Labute approximate surface area is 88.3 Å². The Morgan fingerprint density at radius 3 is 2.00 bits per heavy atom. The second-order valence-corrected chi connectivity index (χ2v) is 3.51. The van der Waals surface area contributed by atoms with Crippen LogP contribution < -0.4 is 0 Å². The lowest BCUT2D eigenvalue weighted by Gasteiger charge is -2.23. The third-order valence-electron chi connectivity index (χ3n) is 2.22. The molecule has 0 saturated carbocycles. The van der Waals surface area contributed by atoms with Crippen molar-refractivity contribution in [3.63, 3.8) is 0 Å². The van der Waals surface area contributed by atoms with E-state index >= 15 is 0 Å². The van der Waals surface area contributed by atoms with E-state index in [4.69, 9.17) is 0 Å².